The lowest BCUT2D eigenvalue weighted by Gasteiger charge is -2.06. The molecule has 0 bridgehead atoms. The van der Waals surface area contributed by atoms with Crippen molar-refractivity contribution in [2.24, 2.45) is 0 Å². The normalized spacial score (nSPS) is 9.95. The van der Waals surface area contributed by atoms with Crippen molar-refractivity contribution in [3.05, 3.63) is 60.2 Å². The number of carbonyl (C=O) groups excluding carboxylic acids is 1. The molecule has 3 nitrogen and oxygen atoms in total. The SMILES string of the molecule is CCOc1ccc(CC(=O)Oc2ccccc2)cc1. The summed E-state index contributed by atoms with van der Waals surface area (Å²) in [5.41, 5.74) is 0.907. The molecule has 0 fully saturated rings. The van der Waals surface area contributed by atoms with Crippen molar-refractivity contribution in [3.63, 3.8) is 0 Å². The van der Waals surface area contributed by atoms with Crippen molar-refractivity contribution in [1.82, 2.24) is 0 Å². The van der Waals surface area contributed by atoms with Gasteiger partial charge in [-0.05, 0) is 36.8 Å². The average molecular weight is 256 g/mol. The molecule has 0 spiro atoms. The third-order valence-corrected chi connectivity index (χ3v) is 2.56. The molecule has 0 amide bonds. The van der Waals surface area contributed by atoms with Crippen LogP contribution in [0, 0.1) is 0 Å². The Morgan fingerprint density at radius 2 is 1.63 bits per heavy atom. The van der Waals surface area contributed by atoms with Crippen LogP contribution in [0.5, 0.6) is 11.5 Å². The van der Waals surface area contributed by atoms with Crippen molar-refractivity contribution in [1.29, 1.82) is 0 Å². The van der Waals surface area contributed by atoms with Gasteiger partial charge in [-0.15, -0.1) is 0 Å². The lowest BCUT2D eigenvalue weighted by atomic mass is 10.1. The van der Waals surface area contributed by atoms with Crippen molar-refractivity contribution in [2.45, 2.75) is 13.3 Å². The monoisotopic (exact) mass is 256 g/mol. The molecule has 0 aromatic heterocycles. The average Bonchev–Trinajstić information content (AvgIpc) is 2.42. The van der Waals surface area contributed by atoms with E-state index in [1.165, 1.54) is 0 Å². The van der Waals surface area contributed by atoms with Crippen molar-refractivity contribution >= 4 is 5.97 Å². The van der Waals surface area contributed by atoms with Gasteiger partial charge in [0.1, 0.15) is 11.5 Å². The number of hydrogen-bond donors (Lipinski definition) is 0. The second kappa shape index (κ2) is 6.59. The lowest BCUT2D eigenvalue weighted by molar-refractivity contribution is -0.133. The van der Waals surface area contributed by atoms with Gasteiger partial charge in [0.2, 0.25) is 0 Å². The zero-order valence-electron chi connectivity index (χ0n) is 10.8. The molecule has 0 unspecified atom stereocenters. The van der Waals surface area contributed by atoms with Crippen LogP contribution in [0.1, 0.15) is 12.5 Å². The first kappa shape index (κ1) is 13.1. The second-order valence-electron chi connectivity index (χ2n) is 4.04. The van der Waals surface area contributed by atoms with Crippen molar-refractivity contribution in [3.8, 4) is 11.5 Å². The highest BCUT2D eigenvalue weighted by atomic mass is 16.5. The first-order chi connectivity index (χ1) is 9.28. The minimum atomic E-state index is -0.268. The van der Waals surface area contributed by atoms with Crippen LogP contribution in [-0.2, 0) is 11.2 Å². The van der Waals surface area contributed by atoms with E-state index in [4.69, 9.17) is 9.47 Å². The Labute approximate surface area is 112 Å². The van der Waals surface area contributed by atoms with Gasteiger partial charge in [0, 0.05) is 0 Å². The fraction of sp³-hybridized carbons (Fsp3) is 0.188. The Balaban J connectivity index is 1.91. The van der Waals surface area contributed by atoms with Crippen LogP contribution in [0.3, 0.4) is 0 Å². The number of esters is 1. The molecule has 19 heavy (non-hydrogen) atoms. The second-order valence-corrected chi connectivity index (χ2v) is 4.04. The number of carbonyl (C=O) groups is 1. The quantitative estimate of drug-likeness (QED) is 0.608. The summed E-state index contributed by atoms with van der Waals surface area (Å²) in [6.45, 7) is 2.57. The first-order valence-corrected chi connectivity index (χ1v) is 6.25. The Bertz CT molecular complexity index is 517. The van der Waals surface area contributed by atoms with E-state index in [2.05, 4.69) is 0 Å². The molecule has 0 heterocycles. The Kier molecular flexibility index (Phi) is 4.56. The van der Waals surface area contributed by atoms with Gasteiger partial charge >= 0.3 is 5.97 Å². The first-order valence-electron chi connectivity index (χ1n) is 6.25. The molecular formula is C16H16O3. The summed E-state index contributed by atoms with van der Waals surface area (Å²) in [6, 6.07) is 16.5. The van der Waals surface area contributed by atoms with Crippen LogP contribution in [0.2, 0.25) is 0 Å². The highest BCUT2D eigenvalue weighted by molar-refractivity contribution is 5.75. The van der Waals surface area contributed by atoms with E-state index in [9.17, 15) is 4.79 Å². The van der Waals surface area contributed by atoms with Gasteiger partial charge in [-0.2, -0.15) is 0 Å². The molecule has 0 atom stereocenters. The lowest BCUT2D eigenvalue weighted by Crippen LogP contribution is -2.11. The third-order valence-electron chi connectivity index (χ3n) is 2.56. The standard InChI is InChI=1S/C16H16O3/c1-2-18-14-10-8-13(9-11-14)12-16(17)19-15-6-4-3-5-7-15/h3-11H,2,12H2,1H3. The maximum atomic E-state index is 11.7. The maximum Gasteiger partial charge on any atom is 0.315 e. The highest BCUT2D eigenvalue weighted by Gasteiger charge is 2.06. The van der Waals surface area contributed by atoms with Gasteiger partial charge < -0.3 is 9.47 Å². The summed E-state index contributed by atoms with van der Waals surface area (Å²) >= 11 is 0. The van der Waals surface area contributed by atoms with E-state index < -0.39 is 0 Å². The van der Waals surface area contributed by atoms with Gasteiger partial charge in [-0.1, -0.05) is 30.3 Å². The molecule has 0 aliphatic carbocycles. The molecule has 0 aliphatic rings. The Hall–Kier alpha value is -2.29. The molecule has 0 saturated heterocycles. The minimum absolute atomic E-state index is 0.251. The molecule has 0 N–H and O–H groups in total. The Morgan fingerprint density at radius 3 is 2.26 bits per heavy atom. The van der Waals surface area contributed by atoms with Crippen molar-refractivity contribution in [2.75, 3.05) is 6.61 Å². The van der Waals surface area contributed by atoms with Gasteiger partial charge in [0.25, 0.3) is 0 Å². The summed E-state index contributed by atoms with van der Waals surface area (Å²) in [4.78, 5) is 11.7. The van der Waals surface area contributed by atoms with Crippen molar-refractivity contribution < 1.29 is 14.3 Å². The van der Waals surface area contributed by atoms with Crippen LogP contribution < -0.4 is 9.47 Å². The molecule has 2 aromatic rings. The van der Waals surface area contributed by atoms with Gasteiger partial charge in [0.15, 0.2) is 0 Å². The van der Waals surface area contributed by atoms with Crippen LogP contribution in [0.25, 0.3) is 0 Å². The van der Waals surface area contributed by atoms with E-state index in [0.29, 0.717) is 12.4 Å². The van der Waals surface area contributed by atoms with E-state index in [0.717, 1.165) is 11.3 Å². The maximum absolute atomic E-state index is 11.7. The fourth-order valence-electron chi connectivity index (χ4n) is 1.69. The minimum Gasteiger partial charge on any atom is -0.494 e. The summed E-state index contributed by atoms with van der Waals surface area (Å²) in [7, 11) is 0. The fourth-order valence-corrected chi connectivity index (χ4v) is 1.69. The number of hydrogen-bond acceptors (Lipinski definition) is 3. The zero-order chi connectivity index (χ0) is 13.5. The topological polar surface area (TPSA) is 35.5 Å². The van der Waals surface area contributed by atoms with Gasteiger partial charge in [0.05, 0.1) is 13.0 Å². The number of para-hydroxylation sites is 1. The number of ether oxygens (including phenoxy) is 2. The summed E-state index contributed by atoms with van der Waals surface area (Å²) in [5, 5.41) is 0. The van der Waals surface area contributed by atoms with E-state index in [1.54, 1.807) is 12.1 Å². The molecule has 2 aromatic carbocycles. The summed E-state index contributed by atoms with van der Waals surface area (Å²) in [6.07, 6.45) is 0.251. The highest BCUT2D eigenvalue weighted by Crippen LogP contribution is 2.14. The van der Waals surface area contributed by atoms with Crippen LogP contribution in [0.4, 0.5) is 0 Å². The molecule has 0 radical (unpaired) electrons. The molecular weight excluding hydrogens is 240 g/mol. The predicted octanol–water partition coefficient (Wildman–Crippen LogP) is 3.23. The number of rotatable bonds is 5. The molecule has 98 valence electrons. The van der Waals surface area contributed by atoms with E-state index in [1.807, 2.05) is 49.4 Å². The van der Waals surface area contributed by atoms with Crippen LogP contribution in [-0.4, -0.2) is 12.6 Å². The number of benzene rings is 2. The third kappa shape index (κ3) is 4.14. The summed E-state index contributed by atoms with van der Waals surface area (Å²) < 4.78 is 10.6. The predicted molar refractivity (Wildman–Crippen MR) is 73.4 cm³/mol. The zero-order valence-corrected chi connectivity index (χ0v) is 10.8. The summed E-state index contributed by atoms with van der Waals surface area (Å²) in [5.74, 6) is 1.11. The molecule has 3 heteroatoms. The van der Waals surface area contributed by atoms with E-state index in [-0.39, 0.29) is 12.4 Å². The molecule has 2 rings (SSSR count). The molecule has 0 saturated carbocycles. The van der Waals surface area contributed by atoms with Crippen LogP contribution in [0.15, 0.2) is 54.6 Å². The Morgan fingerprint density at radius 1 is 0.947 bits per heavy atom. The smallest absolute Gasteiger partial charge is 0.315 e. The largest absolute Gasteiger partial charge is 0.494 e. The van der Waals surface area contributed by atoms with E-state index >= 15 is 0 Å². The van der Waals surface area contributed by atoms with Gasteiger partial charge in [-0.25, -0.2) is 0 Å². The van der Waals surface area contributed by atoms with Crippen LogP contribution >= 0.6 is 0 Å². The molecule has 0 aliphatic heterocycles. The van der Waals surface area contributed by atoms with Gasteiger partial charge in [-0.3, -0.25) is 4.79 Å².